The molecule has 5 nitrogen and oxygen atoms in total. The number of ether oxygens (including phenoxy) is 2. The molecule has 3 aromatic carbocycles. The summed E-state index contributed by atoms with van der Waals surface area (Å²) >= 11 is 1.48. The summed E-state index contributed by atoms with van der Waals surface area (Å²) in [7, 11) is 0. The summed E-state index contributed by atoms with van der Waals surface area (Å²) in [4.78, 5) is 17.2. The molecule has 0 atom stereocenters. The molecule has 1 aliphatic heterocycles. The van der Waals surface area contributed by atoms with E-state index in [4.69, 9.17) is 9.47 Å². The lowest BCUT2D eigenvalue weighted by Crippen LogP contribution is -2.24. The summed E-state index contributed by atoms with van der Waals surface area (Å²) in [6.45, 7) is 6.58. The zero-order valence-corrected chi connectivity index (χ0v) is 19.1. The Morgan fingerprint density at radius 2 is 1.91 bits per heavy atom. The Kier molecular flexibility index (Phi) is 5.10. The zero-order chi connectivity index (χ0) is 22.3. The van der Waals surface area contributed by atoms with Crippen LogP contribution in [0.5, 0.6) is 11.5 Å². The minimum atomic E-state index is -0.210. The molecule has 0 fully saturated rings. The molecule has 6 heteroatoms. The van der Waals surface area contributed by atoms with Crippen molar-refractivity contribution in [3.8, 4) is 11.5 Å². The molecule has 2 heterocycles. The second-order valence-electron chi connectivity index (χ2n) is 8.66. The van der Waals surface area contributed by atoms with Crippen LogP contribution < -0.4 is 14.8 Å². The molecule has 0 bridgehead atoms. The highest BCUT2D eigenvalue weighted by Crippen LogP contribution is 2.42. The predicted molar refractivity (Wildman–Crippen MR) is 128 cm³/mol. The lowest BCUT2D eigenvalue weighted by atomic mass is 10.0. The molecular formula is C26H24N2O3S. The number of nitrogens with one attached hydrogen (secondary N) is 1. The van der Waals surface area contributed by atoms with E-state index in [1.807, 2.05) is 61.5 Å². The first-order valence-corrected chi connectivity index (χ1v) is 11.4. The normalized spacial score (nSPS) is 14.1. The second kappa shape index (κ2) is 7.95. The Morgan fingerprint density at radius 3 is 2.69 bits per heavy atom. The van der Waals surface area contributed by atoms with Crippen molar-refractivity contribution >= 4 is 32.6 Å². The van der Waals surface area contributed by atoms with E-state index < -0.39 is 0 Å². The highest BCUT2D eigenvalue weighted by atomic mass is 32.1. The van der Waals surface area contributed by atoms with E-state index in [1.165, 1.54) is 16.9 Å². The first-order valence-electron chi connectivity index (χ1n) is 10.6. The Bertz CT molecular complexity index is 1310. The molecule has 1 aliphatic rings. The fourth-order valence-corrected chi connectivity index (χ4v) is 4.86. The molecule has 1 aromatic heterocycles. The van der Waals surface area contributed by atoms with Crippen LogP contribution in [-0.2, 0) is 13.0 Å². The van der Waals surface area contributed by atoms with Gasteiger partial charge in [-0.15, -0.1) is 0 Å². The fraction of sp³-hybridized carbons (Fsp3) is 0.231. The maximum atomic E-state index is 12.7. The quantitative estimate of drug-likeness (QED) is 0.401. The number of fused-ring (bicyclic) bond motifs is 2. The Morgan fingerprint density at radius 1 is 1.12 bits per heavy atom. The number of anilines is 1. The summed E-state index contributed by atoms with van der Waals surface area (Å²) in [5.41, 5.74) is 4.55. The number of carbonyl (C=O) groups is 1. The van der Waals surface area contributed by atoms with Gasteiger partial charge in [-0.2, -0.15) is 0 Å². The standard InChI is InChI=1S/C26H24N2O3S/c1-16-6-4-9-21-22(16)27-25(32-21)28-24(29)18-12-10-17(11-13-18)15-30-20-8-5-7-19-14-26(2,3)31-23(19)20/h4-13H,14-15H2,1-3H3,(H,27,28,29). The molecule has 0 saturated heterocycles. The molecule has 1 N–H and O–H groups in total. The molecular weight excluding hydrogens is 420 g/mol. The molecule has 0 spiro atoms. The lowest BCUT2D eigenvalue weighted by molar-refractivity contribution is 0.102. The number of amides is 1. The first kappa shape index (κ1) is 20.5. The van der Waals surface area contributed by atoms with E-state index in [0.29, 0.717) is 17.3 Å². The summed E-state index contributed by atoms with van der Waals surface area (Å²) in [6.07, 6.45) is 0.873. The highest BCUT2D eigenvalue weighted by molar-refractivity contribution is 7.22. The molecule has 0 radical (unpaired) electrons. The van der Waals surface area contributed by atoms with Gasteiger partial charge in [0.15, 0.2) is 16.6 Å². The maximum Gasteiger partial charge on any atom is 0.257 e. The van der Waals surface area contributed by atoms with E-state index in [0.717, 1.165) is 39.3 Å². The number of benzene rings is 3. The first-order chi connectivity index (χ1) is 15.4. The largest absolute Gasteiger partial charge is 0.485 e. The van der Waals surface area contributed by atoms with Gasteiger partial charge in [-0.25, -0.2) is 4.98 Å². The number of aromatic nitrogens is 1. The van der Waals surface area contributed by atoms with Gasteiger partial charge >= 0.3 is 0 Å². The van der Waals surface area contributed by atoms with E-state index in [1.54, 1.807) is 0 Å². The van der Waals surface area contributed by atoms with Gasteiger partial charge in [0.1, 0.15) is 12.2 Å². The van der Waals surface area contributed by atoms with Crippen LogP contribution in [0.25, 0.3) is 10.2 Å². The third kappa shape index (κ3) is 4.06. The minimum Gasteiger partial charge on any atom is -0.485 e. The second-order valence-corrected chi connectivity index (χ2v) is 9.69. The Labute approximate surface area is 191 Å². The molecule has 4 aromatic rings. The molecule has 0 saturated carbocycles. The van der Waals surface area contributed by atoms with Crippen molar-refractivity contribution in [1.82, 2.24) is 4.98 Å². The van der Waals surface area contributed by atoms with Crippen LogP contribution in [0.4, 0.5) is 5.13 Å². The van der Waals surface area contributed by atoms with Crippen LogP contribution >= 0.6 is 11.3 Å². The van der Waals surface area contributed by atoms with Gasteiger partial charge in [-0.3, -0.25) is 10.1 Å². The van der Waals surface area contributed by atoms with E-state index >= 15 is 0 Å². The van der Waals surface area contributed by atoms with Crippen molar-refractivity contribution in [3.05, 3.63) is 82.9 Å². The van der Waals surface area contributed by atoms with Crippen molar-refractivity contribution in [2.45, 2.75) is 39.4 Å². The zero-order valence-electron chi connectivity index (χ0n) is 18.3. The average molecular weight is 445 g/mol. The van der Waals surface area contributed by atoms with Gasteiger partial charge in [0.05, 0.1) is 10.2 Å². The van der Waals surface area contributed by atoms with Crippen LogP contribution in [0.2, 0.25) is 0 Å². The maximum absolute atomic E-state index is 12.7. The molecule has 1 amide bonds. The molecule has 32 heavy (non-hydrogen) atoms. The number of carbonyl (C=O) groups excluding carboxylic acids is 1. The summed E-state index contributed by atoms with van der Waals surface area (Å²) < 4.78 is 13.2. The van der Waals surface area contributed by atoms with Crippen LogP contribution in [0, 0.1) is 6.92 Å². The van der Waals surface area contributed by atoms with Crippen molar-refractivity contribution in [3.63, 3.8) is 0 Å². The van der Waals surface area contributed by atoms with Gasteiger partial charge in [0, 0.05) is 17.5 Å². The topological polar surface area (TPSA) is 60.5 Å². The molecule has 0 aliphatic carbocycles. The minimum absolute atomic E-state index is 0.175. The fourth-order valence-electron chi connectivity index (χ4n) is 3.92. The Hall–Kier alpha value is -3.38. The number of rotatable bonds is 5. The summed E-state index contributed by atoms with van der Waals surface area (Å²) in [5.74, 6) is 1.41. The number of thiazole rings is 1. The van der Waals surface area contributed by atoms with Crippen molar-refractivity contribution in [2.75, 3.05) is 5.32 Å². The van der Waals surface area contributed by atoms with Crippen LogP contribution in [0.15, 0.2) is 60.7 Å². The third-order valence-corrected chi connectivity index (χ3v) is 6.44. The van der Waals surface area contributed by atoms with Gasteiger partial charge in [0.2, 0.25) is 0 Å². The summed E-state index contributed by atoms with van der Waals surface area (Å²) in [6, 6.07) is 19.5. The summed E-state index contributed by atoms with van der Waals surface area (Å²) in [5, 5.41) is 3.51. The van der Waals surface area contributed by atoms with Gasteiger partial charge in [-0.05, 0) is 56.2 Å². The van der Waals surface area contributed by atoms with E-state index in [2.05, 4.69) is 30.2 Å². The number of nitrogens with zero attached hydrogens (tertiary/aromatic N) is 1. The van der Waals surface area contributed by atoms with Crippen LogP contribution in [0.1, 0.15) is 40.9 Å². The molecule has 5 rings (SSSR count). The van der Waals surface area contributed by atoms with Crippen LogP contribution in [-0.4, -0.2) is 16.5 Å². The van der Waals surface area contributed by atoms with Crippen molar-refractivity contribution < 1.29 is 14.3 Å². The predicted octanol–water partition coefficient (Wildman–Crippen LogP) is 6.15. The number of hydrogen-bond acceptors (Lipinski definition) is 5. The SMILES string of the molecule is Cc1cccc2sc(NC(=O)c3ccc(COc4cccc5c4OC(C)(C)C5)cc3)nc12. The third-order valence-electron chi connectivity index (χ3n) is 5.51. The lowest BCUT2D eigenvalue weighted by Gasteiger charge is -2.18. The molecule has 0 unspecified atom stereocenters. The molecule has 162 valence electrons. The van der Waals surface area contributed by atoms with Crippen molar-refractivity contribution in [1.29, 1.82) is 0 Å². The van der Waals surface area contributed by atoms with Gasteiger partial charge in [-0.1, -0.05) is 47.7 Å². The smallest absolute Gasteiger partial charge is 0.257 e. The monoisotopic (exact) mass is 444 g/mol. The average Bonchev–Trinajstić information content (AvgIpc) is 3.32. The van der Waals surface area contributed by atoms with Gasteiger partial charge in [0.25, 0.3) is 5.91 Å². The highest BCUT2D eigenvalue weighted by Gasteiger charge is 2.32. The Balaban J connectivity index is 1.24. The van der Waals surface area contributed by atoms with Gasteiger partial charge < -0.3 is 9.47 Å². The number of aryl methyl sites for hydroxylation is 1. The number of hydrogen-bond donors (Lipinski definition) is 1. The number of para-hydroxylation sites is 2. The van der Waals surface area contributed by atoms with Crippen molar-refractivity contribution in [2.24, 2.45) is 0 Å². The van der Waals surface area contributed by atoms with E-state index in [-0.39, 0.29) is 11.5 Å². The van der Waals surface area contributed by atoms with Crippen LogP contribution in [0.3, 0.4) is 0 Å². The van der Waals surface area contributed by atoms with E-state index in [9.17, 15) is 4.79 Å².